The van der Waals surface area contributed by atoms with Gasteiger partial charge >= 0.3 is 5.82 Å². The van der Waals surface area contributed by atoms with Gasteiger partial charge in [-0.3, -0.25) is 15.2 Å². The number of nitrogens with zero attached hydrogens (tertiary/aromatic N) is 4. The van der Waals surface area contributed by atoms with Crippen molar-refractivity contribution in [2.75, 3.05) is 6.54 Å². The number of hydrazine groups is 1. The molecule has 0 unspecified atom stereocenters. The molecule has 0 atom stereocenters. The highest BCUT2D eigenvalue weighted by Gasteiger charge is 2.16. The van der Waals surface area contributed by atoms with Gasteiger partial charge in [-0.2, -0.15) is 4.68 Å². The molecule has 0 aliphatic heterocycles. The van der Waals surface area contributed by atoms with E-state index in [-0.39, 0.29) is 29.8 Å². The summed E-state index contributed by atoms with van der Waals surface area (Å²) < 4.78 is 1.41. The van der Waals surface area contributed by atoms with E-state index in [0.717, 1.165) is 0 Å². The molecule has 0 saturated carbocycles. The minimum absolute atomic E-state index is 0.0757. The van der Waals surface area contributed by atoms with Gasteiger partial charge in [-0.05, 0) is 31.0 Å². The number of rotatable bonds is 5. The standard InChI is InChI=1S/C10H16N6O3S/c1-3-14(10(11)20)13-9(17)4-5-15-7(2)6-8(12-15)16(18)19/h6H,3-5H2,1-2H3,(H2,11,20)(H,13,17). The van der Waals surface area contributed by atoms with Crippen molar-refractivity contribution in [3.8, 4) is 0 Å². The topological polar surface area (TPSA) is 119 Å². The Labute approximate surface area is 120 Å². The van der Waals surface area contributed by atoms with Crippen LogP contribution in [0.5, 0.6) is 0 Å². The van der Waals surface area contributed by atoms with Gasteiger partial charge in [0.2, 0.25) is 5.91 Å². The van der Waals surface area contributed by atoms with E-state index in [0.29, 0.717) is 12.2 Å². The van der Waals surface area contributed by atoms with Crippen molar-refractivity contribution in [1.82, 2.24) is 20.2 Å². The average Bonchev–Trinajstić information content (AvgIpc) is 2.74. The zero-order valence-corrected chi connectivity index (χ0v) is 12.0. The molecule has 1 amide bonds. The predicted octanol–water partition coefficient (Wildman–Crippen LogP) is 0.0865. The van der Waals surface area contributed by atoms with Crippen LogP contribution in [0.4, 0.5) is 5.82 Å². The Balaban J connectivity index is 2.57. The molecule has 1 heterocycles. The second kappa shape index (κ2) is 6.80. The molecule has 0 saturated heterocycles. The summed E-state index contributed by atoms with van der Waals surface area (Å²) in [6.07, 6.45) is 0.110. The number of hydrogen-bond acceptors (Lipinski definition) is 5. The Kier molecular flexibility index (Phi) is 5.38. The van der Waals surface area contributed by atoms with Crippen molar-refractivity contribution in [2.24, 2.45) is 5.73 Å². The smallest absolute Gasteiger partial charge is 0.375 e. The van der Waals surface area contributed by atoms with Gasteiger partial charge in [-0.25, -0.2) is 0 Å². The lowest BCUT2D eigenvalue weighted by Crippen LogP contribution is -2.48. The van der Waals surface area contributed by atoms with E-state index in [1.807, 2.05) is 0 Å². The summed E-state index contributed by atoms with van der Waals surface area (Å²) in [6.45, 7) is 4.17. The van der Waals surface area contributed by atoms with Crippen LogP contribution in [0.2, 0.25) is 0 Å². The molecule has 110 valence electrons. The van der Waals surface area contributed by atoms with E-state index in [4.69, 9.17) is 18.0 Å². The molecule has 1 aromatic rings. The van der Waals surface area contributed by atoms with Gasteiger partial charge in [0.1, 0.15) is 0 Å². The maximum Gasteiger partial charge on any atom is 0.390 e. The Hall–Kier alpha value is -2.23. The third-order valence-corrected chi connectivity index (χ3v) is 2.77. The van der Waals surface area contributed by atoms with Crippen LogP contribution in [-0.2, 0) is 11.3 Å². The number of nitrogens with two attached hydrogens (primary N) is 1. The zero-order chi connectivity index (χ0) is 15.3. The molecule has 0 spiro atoms. The van der Waals surface area contributed by atoms with Crippen molar-refractivity contribution in [2.45, 2.75) is 26.8 Å². The second-order valence-electron chi connectivity index (χ2n) is 3.99. The molecule has 9 nitrogen and oxygen atoms in total. The van der Waals surface area contributed by atoms with E-state index >= 15 is 0 Å². The minimum atomic E-state index is -0.574. The SMILES string of the molecule is CCN(NC(=O)CCn1nc([N+](=O)[O-])cc1C)C(N)=S. The first-order valence-electron chi connectivity index (χ1n) is 5.90. The molecule has 10 heteroatoms. The number of carbonyl (C=O) groups is 1. The Morgan fingerprint density at radius 2 is 2.35 bits per heavy atom. The predicted molar refractivity (Wildman–Crippen MR) is 75.5 cm³/mol. The van der Waals surface area contributed by atoms with Crippen molar-refractivity contribution >= 4 is 29.1 Å². The quantitative estimate of drug-likeness (QED) is 0.449. The highest BCUT2D eigenvalue weighted by molar-refractivity contribution is 7.80. The number of nitro groups is 1. The van der Waals surface area contributed by atoms with Gasteiger partial charge in [0.05, 0.1) is 23.4 Å². The first kappa shape index (κ1) is 15.8. The Morgan fingerprint density at radius 1 is 1.70 bits per heavy atom. The van der Waals surface area contributed by atoms with Crippen LogP contribution in [0.3, 0.4) is 0 Å². The van der Waals surface area contributed by atoms with Crippen LogP contribution in [0.1, 0.15) is 19.0 Å². The maximum absolute atomic E-state index is 11.7. The fraction of sp³-hybridized carbons (Fsp3) is 0.500. The molecular weight excluding hydrogens is 284 g/mol. The normalized spacial score (nSPS) is 10.1. The molecule has 0 aliphatic rings. The second-order valence-corrected chi connectivity index (χ2v) is 4.41. The monoisotopic (exact) mass is 300 g/mol. The summed E-state index contributed by atoms with van der Waals surface area (Å²) in [5, 5.41) is 15.8. The fourth-order valence-corrected chi connectivity index (χ4v) is 1.69. The number of thiocarbonyl (C=S) groups is 1. The van der Waals surface area contributed by atoms with Crippen molar-refractivity contribution in [3.63, 3.8) is 0 Å². The summed E-state index contributed by atoms with van der Waals surface area (Å²) >= 11 is 4.76. The number of hydrogen-bond donors (Lipinski definition) is 2. The number of nitrogens with one attached hydrogen (secondary N) is 1. The summed E-state index contributed by atoms with van der Waals surface area (Å²) in [4.78, 5) is 21.7. The van der Waals surface area contributed by atoms with Gasteiger partial charge in [-0.1, -0.05) is 0 Å². The highest BCUT2D eigenvalue weighted by atomic mass is 32.1. The van der Waals surface area contributed by atoms with Crippen LogP contribution >= 0.6 is 12.2 Å². The lowest BCUT2D eigenvalue weighted by Gasteiger charge is -2.21. The van der Waals surface area contributed by atoms with Crippen molar-refractivity contribution in [1.29, 1.82) is 0 Å². The molecule has 1 rings (SSSR count). The molecule has 0 radical (unpaired) electrons. The summed E-state index contributed by atoms with van der Waals surface area (Å²) in [7, 11) is 0. The summed E-state index contributed by atoms with van der Waals surface area (Å²) in [5.41, 5.74) is 8.57. The largest absolute Gasteiger partial charge is 0.390 e. The number of aryl methyl sites for hydroxylation is 2. The molecule has 0 aromatic carbocycles. The number of aromatic nitrogens is 2. The van der Waals surface area contributed by atoms with E-state index in [9.17, 15) is 14.9 Å². The zero-order valence-electron chi connectivity index (χ0n) is 11.2. The first-order valence-corrected chi connectivity index (χ1v) is 6.31. The Morgan fingerprint density at radius 3 is 2.80 bits per heavy atom. The number of amides is 1. The lowest BCUT2D eigenvalue weighted by molar-refractivity contribution is -0.389. The van der Waals surface area contributed by atoms with E-state index in [1.54, 1.807) is 13.8 Å². The Bertz CT molecular complexity index is 529. The van der Waals surface area contributed by atoms with Gasteiger partial charge in [0.25, 0.3) is 0 Å². The molecule has 1 aromatic heterocycles. The molecule has 3 N–H and O–H groups in total. The lowest BCUT2D eigenvalue weighted by atomic mass is 10.4. The highest BCUT2D eigenvalue weighted by Crippen LogP contribution is 2.11. The number of carbonyl (C=O) groups excluding carboxylic acids is 1. The minimum Gasteiger partial charge on any atom is -0.375 e. The van der Waals surface area contributed by atoms with Crippen LogP contribution in [0.15, 0.2) is 6.07 Å². The van der Waals surface area contributed by atoms with E-state index in [2.05, 4.69) is 10.5 Å². The molecule has 20 heavy (non-hydrogen) atoms. The van der Waals surface area contributed by atoms with Crippen LogP contribution in [0.25, 0.3) is 0 Å². The van der Waals surface area contributed by atoms with Crippen LogP contribution in [-0.4, -0.2) is 37.3 Å². The van der Waals surface area contributed by atoms with E-state index < -0.39 is 4.92 Å². The fourth-order valence-electron chi connectivity index (χ4n) is 1.51. The maximum atomic E-state index is 11.7. The molecule has 0 aliphatic carbocycles. The average molecular weight is 300 g/mol. The summed E-state index contributed by atoms with van der Waals surface area (Å²) in [5.74, 6) is -0.529. The van der Waals surface area contributed by atoms with E-state index in [1.165, 1.54) is 15.8 Å². The third kappa shape index (κ3) is 4.16. The third-order valence-electron chi connectivity index (χ3n) is 2.55. The van der Waals surface area contributed by atoms with Crippen molar-refractivity contribution in [3.05, 3.63) is 21.9 Å². The van der Waals surface area contributed by atoms with Crippen LogP contribution < -0.4 is 11.2 Å². The summed E-state index contributed by atoms with van der Waals surface area (Å²) in [6, 6.07) is 1.35. The first-order chi connectivity index (χ1) is 9.35. The van der Waals surface area contributed by atoms with Crippen LogP contribution in [0, 0.1) is 17.0 Å². The molecular formula is C10H16N6O3S. The van der Waals surface area contributed by atoms with Gasteiger partial charge < -0.3 is 15.8 Å². The van der Waals surface area contributed by atoms with Crippen molar-refractivity contribution < 1.29 is 9.72 Å². The molecule has 0 bridgehead atoms. The molecule has 0 fully saturated rings. The van der Waals surface area contributed by atoms with Gasteiger partial charge in [0.15, 0.2) is 5.11 Å². The van der Waals surface area contributed by atoms with Gasteiger partial charge in [-0.15, -0.1) is 0 Å². The van der Waals surface area contributed by atoms with Gasteiger partial charge in [0, 0.05) is 13.0 Å².